The van der Waals surface area contributed by atoms with E-state index in [1.807, 2.05) is 37.3 Å². The van der Waals surface area contributed by atoms with Gasteiger partial charge < -0.3 is 4.74 Å². The monoisotopic (exact) mass is 765 g/mol. The first-order chi connectivity index (χ1) is 19.1. The van der Waals surface area contributed by atoms with Crippen LogP contribution in [-0.4, -0.2) is 15.9 Å². The largest absolute Gasteiger partial charge is 0.487 e. The third kappa shape index (κ3) is 6.22. The molecule has 5 aromatic rings. The summed E-state index contributed by atoms with van der Waals surface area (Å²) in [6, 6.07) is 23.2. The van der Waals surface area contributed by atoms with Gasteiger partial charge in [0.05, 0.1) is 29.8 Å². The molecule has 5 rings (SSSR count). The highest BCUT2D eigenvalue weighted by Gasteiger charge is 2.31. The number of rotatable bonds is 6. The second-order valence-corrected chi connectivity index (χ2v) is 11.3. The van der Waals surface area contributed by atoms with Gasteiger partial charge in [-0.1, -0.05) is 54.1 Å². The van der Waals surface area contributed by atoms with E-state index < -0.39 is 17.3 Å². The van der Waals surface area contributed by atoms with Gasteiger partial charge in [-0.3, -0.25) is 4.79 Å². The number of benzene rings is 4. The zero-order valence-electron chi connectivity index (χ0n) is 20.9. The summed E-state index contributed by atoms with van der Waals surface area (Å²) in [5.41, 5.74) is 2.06. The number of aromatic nitrogens is 2. The second kappa shape index (κ2) is 11.7. The van der Waals surface area contributed by atoms with Crippen molar-refractivity contribution in [3.63, 3.8) is 0 Å². The van der Waals surface area contributed by atoms with E-state index in [1.165, 1.54) is 18.3 Å². The van der Waals surface area contributed by atoms with Crippen molar-refractivity contribution in [3.8, 4) is 17.1 Å². The van der Waals surface area contributed by atoms with Crippen molar-refractivity contribution in [2.45, 2.75) is 19.7 Å². The Kier molecular flexibility index (Phi) is 8.26. The molecule has 0 saturated heterocycles. The van der Waals surface area contributed by atoms with Gasteiger partial charge in [0.1, 0.15) is 12.4 Å². The first kappa shape index (κ1) is 28.3. The Morgan fingerprint density at radius 2 is 1.68 bits per heavy atom. The summed E-state index contributed by atoms with van der Waals surface area (Å²) in [7, 11) is 0. The maximum Gasteiger partial charge on any atom is 0.416 e. The fourth-order valence-electron chi connectivity index (χ4n) is 4.13. The summed E-state index contributed by atoms with van der Waals surface area (Å²) >= 11 is 4.36. The topological polar surface area (TPSA) is 56.5 Å². The van der Waals surface area contributed by atoms with Crippen LogP contribution in [0.1, 0.15) is 22.3 Å². The van der Waals surface area contributed by atoms with E-state index in [2.05, 4.69) is 61.3 Å². The van der Waals surface area contributed by atoms with Gasteiger partial charge >= 0.3 is 6.18 Å². The summed E-state index contributed by atoms with van der Waals surface area (Å²) < 4.78 is 49.1. The molecule has 1 heterocycles. The molecule has 0 saturated carbocycles. The Balaban J connectivity index is 1.53. The lowest BCUT2D eigenvalue weighted by molar-refractivity contribution is -0.137. The molecule has 0 unspecified atom stereocenters. The van der Waals surface area contributed by atoms with Crippen molar-refractivity contribution in [2.75, 3.05) is 0 Å². The molecule has 0 aliphatic heterocycles. The molecule has 0 radical (unpaired) electrons. The zero-order valence-corrected chi connectivity index (χ0v) is 25.2. The highest BCUT2D eigenvalue weighted by molar-refractivity contribution is 14.1. The van der Waals surface area contributed by atoms with Crippen LogP contribution in [0.5, 0.6) is 5.75 Å². The number of para-hydroxylation sites is 1. The van der Waals surface area contributed by atoms with Gasteiger partial charge in [0.25, 0.3) is 5.56 Å². The molecule has 0 N–H and O–H groups in total. The van der Waals surface area contributed by atoms with Crippen molar-refractivity contribution in [3.05, 3.63) is 125 Å². The SMILES string of the molecule is Cc1cccc(COc2c(I)cc(C=Nn3c(-c4cccc(C(F)(F)F)c4)nc4ccccc4c3=O)cc2I)c1. The number of aryl methyl sites for hydroxylation is 1. The third-order valence-electron chi connectivity index (χ3n) is 6.01. The Bertz CT molecular complexity index is 1790. The van der Waals surface area contributed by atoms with Crippen LogP contribution in [0.25, 0.3) is 22.3 Å². The number of ether oxygens (including phenoxy) is 1. The summed E-state index contributed by atoms with van der Waals surface area (Å²) in [5.74, 6) is 0.739. The minimum absolute atomic E-state index is 0.00792. The van der Waals surface area contributed by atoms with Crippen LogP contribution in [0.3, 0.4) is 0 Å². The summed E-state index contributed by atoms with van der Waals surface area (Å²) in [6.45, 7) is 2.44. The quantitative estimate of drug-likeness (QED) is 0.130. The number of halogens is 5. The first-order valence-corrected chi connectivity index (χ1v) is 14.2. The smallest absolute Gasteiger partial charge is 0.416 e. The number of fused-ring (bicyclic) bond motifs is 1. The molecule has 0 atom stereocenters. The second-order valence-electron chi connectivity index (χ2n) is 8.98. The predicted molar refractivity (Wildman–Crippen MR) is 167 cm³/mol. The van der Waals surface area contributed by atoms with E-state index in [4.69, 9.17) is 4.74 Å². The van der Waals surface area contributed by atoms with Crippen LogP contribution in [0.4, 0.5) is 13.2 Å². The molecule has 202 valence electrons. The normalized spacial score (nSPS) is 11.8. The standard InChI is InChI=1S/C30H20F3I2N3O2/c1-18-6-4-7-19(12-18)17-40-27-24(34)13-20(14-25(27)35)16-36-38-28(21-8-5-9-22(15-21)30(31,32)33)37-26-11-3-2-10-23(26)29(38)39/h2-16H,17H2,1H3. The van der Waals surface area contributed by atoms with Gasteiger partial charge in [0.15, 0.2) is 5.82 Å². The van der Waals surface area contributed by atoms with E-state index in [0.717, 1.165) is 40.8 Å². The van der Waals surface area contributed by atoms with Crippen LogP contribution in [0.2, 0.25) is 0 Å². The van der Waals surface area contributed by atoms with Crippen LogP contribution in [0, 0.1) is 14.1 Å². The number of alkyl halides is 3. The third-order valence-corrected chi connectivity index (χ3v) is 7.61. The maximum absolute atomic E-state index is 13.4. The zero-order chi connectivity index (χ0) is 28.4. The van der Waals surface area contributed by atoms with Gasteiger partial charge in [-0.15, -0.1) is 0 Å². The van der Waals surface area contributed by atoms with Crippen LogP contribution in [-0.2, 0) is 12.8 Å². The average molecular weight is 765 g/mol. The van der Waals surface area contributed by atoms with Gasteiger partial charge in [-0.05, 0) is 99.6 Å². The van der Waals surface area contributed by atoms with Crippen molar-refractivity contribution in [2.24, 2.45) is 5.10 Å². The first-order valence-electron chi connectivity index (χ1n) is 12.0. The molecular formula is C30H20F3I2N3O2. The Labute approximate surface area is 255 Å². The Morgan fingerprint density at radius 3 is 2.40 bits per heavy atom. The summed E-state index contributed by atoms with van der Waals surface area (Å²) in [5, 5.41) is 4.70. The number of nitrogens with zero attached hydrogens (tertiary/aromatic N) is 3. The number of hydrogen-bond acceptors (Lipinski definition) is 4. The molecule has 0 aliphatic carbocycles. The minimum atomic E-state index is -4.54. The highest BCUT2D eigenvalue weighted by Crippen LogP contribution is 2.32. The molecule has 1 aromatic heterocycles. The van der Waals surface area contributed by atoms with Gasteiger partial charge in [-0.2, -0.15) is 22.9 Å². The number of hydrogen-bond donors (Lipinski definition) is 0. The van der Waals surface area contributed by atoms with Gasteiger partial charge in [0, 0.05) is 5.56 Å². The molecule has 5 nitrogen and oxygen atoms in total. The van der Waals surface area contributed by atoms with E-state index >= 15 is 0 Å². The average Bonchev–Trinajstić information content (AvgIpc) is 2.92. The van der Waals surface area contributed by atoms with E-state index in [9.17, 15) is 18.0 Å². The van der Waals surface area contributed by atoms with E-state index in [-0.39, 0.29) is 11.4 Å². The van der Waals surface area contributed by atoms with Crippen molar-refractivity contribution in [1.82, 2.24) is 9.66 Å². The molecule has 0 bridgehead atoms. The molecule has 0 fully saturated rings. The van der Waals surface area contributed by atoms with Crippen molar-refractivity contribution in [1.29, 1.82) is 0 Å². The van der Waals surface area contributed by atoms with Gasteiger partial charge in [-0.25, -0.2) is 4.98 Å². The van der Waals surface area contributed by atoms with Crippen LogP contribution < -0.4 is 10.3 Å². The summed E-state index contributed by atoms with van der Waals surface area (Å²) in [6.07, 6.45) is -3.05. The lowest BCUT2D eigenvalue weighted by atomic mass is 10.1. The predicted octanol–water partition coefficient (Wildman–Crippen LogP) is 8.06. The fourth-order valence-corrected chi connectivity index (χ4v) is 6.25. The van der Waals surface area contributed by atoms with Crippen LogP contribution >= 0.6 is 45.2 Å². The van der Waals surface area contributed by atoms with Crippen molar-refractivity contribution >= 4 is 62.3 Å². The molecule has 0 aliphatic rings. The molecular weight excluding hydrogens is 745 g/mol. The summed E-state index contributed by atoms with van der Waals surface area (Å²) in [4.78, 5) is 17.9. The lowest BCUT2D eigenvalue weighted by Gasteiger charge is -2.13. The van der Waals surface area contributed by atoms with E-state index in [0.29, 0.717) is 23.1 Å². The van der Waals surface area contributed by atoms with Crippen molar-refractivity contribution < 1.29 is 17.9 Å². The lowest BCUT2D eigenvalue weighted by Crippen LogP contribution is -2.20. The maximum atomic E-state index is 13.4. The Hall–Kier alpha value is -3.26. The minimum Gasteiger partial charge on any atom is -0.487 e. The molecule has 10 heteroatoms. The Morgan fingerprint density at radius 1 is 0.950 bits per heavy atom. The molecule has 0 spiro atoms. The van der Waals surface area contributed by atoms with Crippen LogP contribution in [0.15, 0.2) is 94.8 Å². The fraction of sp³-hybridized carbons (Fsp3) is 0.100. The highest BCUT2D eigenvalue weighted by atomic mass is 127. The molecule has 4 aromatic carbocycles. The van der Waals surface area contributed by atoms with E-state index in [1.54, 1.807) is 24.3 Å². The molecule has 40 heavy (non-hydrogen) atoms. The molecule has 0 amide bonds. The van der Waals surface area contributed by atoms with Gasteiger partial charge in [0.2, 0.25) is 0 Å².